The van der Waals surface area contributed by atoms with Gasteiger partial charge < -0.3 is 0 Å². The normalized spacial score (nSPS) is 10.7. The second kappa shape index (κ2) is 4.97. The molecule has 0 bridgehead atoms. The molecule has 1 heterocycles. The third-order valence-electron chi connectivity index (χ3n) is 1.63. The van der Waals surface area contributed by atoms with Crippen molar-refractivity contribution >= 4 is 23.2 Å². The van der Waals surface area contributed by atoms with Gasteiger partial charge in [0.2, 0.25) is 0 Å². The fraction of sp³-hybridized carbons (Fsp3) is 0.364. The van der Waals surface area contributed by atoms with Gasteiger partial charge in [0.05, 0.1) is 10.6 Å². The molecule has 1 aromatic heterocycles. The molecule has 0 atom stereocenters. The summed E-state index contributed by atoms with van der Waals surface area (Å²) in [5.41, 5.74) is 2.39. The summed E-state index contributed by atoms with van der Waals surface area (Å²) in [4.78, 5) is 5.70. The van der Waals surface area contributed by atoms with E-state index in [0.29, 0.717) is 0 Å². The number of nitrogens with zero attached hydrogens (tertiary/aromatic N) is 1. The minimum absolute atomic E-state index is 0.988. The van der Waals surface area contributed by atoms with Gasteiger partial charge in [-0.15, -0.1) is 11.3 Å². The molecule has 0 N–H and O–H groups in total. The molecule has 0 aromatic carbocycles. The summed E-state index contributed by atoms with van der Waals surface area (Å²) in [5, 5.41) is 2.08. The first-order valence-electron chi connectivity index (χ1n) is 4.49. The van der Waals surface area contributed by atoms with Crippen LogP contribution in [-0.2, 0) is 0 Å². The van der Waals surface area contributed by atoms with Gasteiger partial charge in [-0.2, -0.15) is 0 Å². The smallest absolute Gasteiger partial charge is 0.0784 e. The van der Waals surface area contributed by atoms with Crippen LogP contribution in [0.3, 0.4) is 0 Å². The highest BCUT2D eigenvalue weighted by Crippen LogP contribution is 2.24. The van der Waals surface area contributed by atoms with Crippen LogP contribution in [0, 0.1) is 0 Å². The summed E-state index contributed by atoms with van der Waals surface area (Å²) < 4.78 is 0. The Bertz CT molecular complexity index is 303. The highest BCUT2D eigenvalue weighted by atomic mass is 32.1. The maximum absolute atomic E-state index is 4.45. The number of aliphatic imine (C=N–C) groups is 1. The standard InChI is InChI=1S/C11H15NS/c1-4-7-12-11(9(2)3)10-6-5-8-13-10/h5-8H,4H2,1-3H3. The van der Waals surface area contributed by atoms with Crippen molar-refractivity contribution in [3.05, 3.63) is 28.0 Å². The van der Waals surface area contributed by atoms with Gasteiger partial charge in [-0.1, -0.05) is 13.0 Å². The van der Waals surface area contributed by atoms with E-state index in [1.54, 1.807) is 11.3 Å². The van der Waals surface area contributed by atoms with Crippen molar-refractivity contribution in [2.45, 2.75) is 27.2 Å². The van der Waals surface area contributed by atoms with E-state index in [0.717, 1.165) is 12.1 Å². The summed E-state index contributed by atoms with van der Waals surface area (Å²) >= 11 is 1.74. The van der Waals surface area contributed by atoms with Gasteiger partial charge in [-0.25, -0.2) is 0 Å². The number of thiophene rings is 1. The number of rotatable bonds is 3. The zero-order valence-electron chi connectivity index (χ0n) is 8.37. The second-order valence-electron chi connectivity index (χ2n) is 3.05. The highest BCUT2D eigenvalue weighted by Gasteiger charge is 2.01. The minimum atomic E-state index is 0.988. The van der Waals surface area contributed by atoms with Crippen molar-refractivity contribution in [1.29, 1.82) is 0 Å². The van der Waals surface area contributed by atoms with Crippen LogP contribution in [0.15, 0.2) is 28.1 Å². The van der Waals surface area contributed by atoms with Crippen LogP contribution in [0.25, 0.3) is 5.70 Å². The first-order chi connectivity index (χ1) is 6.25. The predicted octanol–water partition coefficient (Wildman–Crippen LogP) is 3.98. The lowest BCUT2D eigenvalue weighted by Crippen LogP contribution is -1.80. The van der Waals surface area contributed by atoms with Gasteiger partial charge in [0.15, 0.2) is 0 Å². The quantitative estimate of drug-likeness (QED) is 0.644. The van der Waals surface area contributed by atoms with Crippen LogP contribution in [0.4, 0.5) is 0 Å². The van der Waals surface area contributed by atoms with Crippen LogP contribution >= 0.6 is 11.3 Å². The van der Waals surface area contributed by atoms with E-state index in [4.69, 9.17) is 0 Å². The van der Waals surface area contributed by atoms with E-state index < -0.39 is 0 Å². The molecule has 2 heteroatoms. The Balaban J connectivity index is 2.96. The largest absolute Gasteiger partial charge is 0.260 e. The van der Waals surface area contributed by atoms with E-state index in [9.17, 15) is 0 Å². The monoisotopic (exact) mass is 193 g/mol. The molecule has 1 rings (SSSR count). The van der Waals surface area contributed by atoms with Gasteiger partial charge in [0, 0.05) is 6.21 Å². The third-order valence-corrected chi connectivity index (χ3v) is 2.51. The summed E-state index contributed by atoms with van der Waals surface area (Å²) in [6.07, 6.45) is 2.95. The Hall–Kier alpha value is -0.890. The van der Waals surface area contributed by atoms with E-state index >= 15 is 0 Å². The Morgan fingerprint density at radius 2 is 2.31 bits per heavy atom. The first kappa shape index (κ1) is 10.2. The van der Waals surface area contributed by atoms with Crippen molar-refractivity contribution in [3.8, 4) is 0 Å². The molecule has 13 heavy (non-hydrogen) atoms. The van der Waals surface area contributed by atoms with Crippen molar-refractivity contribution in [2.24, 2.45) is 4.99 Å². The summed E-state index contributed by atoms with van der Waals surface area (Å²) in [6.45, 7) is 6.30. The molecular weight excluding hydrogens is 178 g/mol. The van der Waals surface area contributed by atoms with Gasteiger partial charge >= 0.3 is 0 Å². The predicted molar refractivity (Wildman–Crippen MR) is 61.4 cm³/mol. The first-order valence-corrected chi connectivity index (χ1v) is 5.37. The van der Waals surface area contributed by atoms with Gasteiger partial charge in [0.1, 0.15) is 0 Å². The molecule has 0 aliphatic heterocycles. The van der Waals surface area contributed by atoms with Gasteiger partial charge in [-0.3, -0.25) is 4.99 Å². The zero-order valence-corrected chi connectivity index (χ0v) is 9.19. The molecule has 0 unspecified atom stereocenters. The van der Waals surface area contributed by atoms with Crippen LogP contribution in [0.1, 0.15) is 32.1 Å². The maximum Gasteiger partial charge on any atom is 0.0784 e. The Morgan fingerprint density at radius 3 is 2.77 bits per heavy atom. The highest BCUT2D eigenvalue weighted by molar-refractivity contribution is 7.11. The van der Waals surface area contributed by atoms with Crippen molar-refractivity contribution in [1.82, 2.24) is 0 Å². The lowest BCUT2D eigenvalue weighted by atomic mass is 10.2. The number of hydrogen-bond acceptors (Lipinski definition) is 2. The topological polar surface area (TPSA) is 12.4 Å². The van der Waals surface area contributed by atoms with Crippen molar-refractivity contribution in [3.63, 3.8) is 0 Å². The fourth-order valence-corrected chi connectivity index (χ4v) is 1.86. The molecule has 0 saturated carbocycles. The van der Waals surface area contributed by atoms with Crippen molar-refractivity contribution in [2.75, 3.05) is 0 Å². The summed E-state index contributed by atoms with van der Waals surface area (Å²) in [5.74, 6) is 0. The molecule has 0 aliphatic rings. The Labute approximate surface area is 83.8 Å². The molecule has 70 valence electrons. The number of hydrogen-bond donors (Lipinski definition) is 0. The second-order valence-corrected chi connectivity index (χ2v) is 3.99. The van der Waals surface area contributed by atoms with E-state index in [2.05, 4.69) is 43.3 Å². The van der Waals surface area contributed by atoms with Gasteiger partial charge in [-0.05, 0) is 37.3 Å². The molecule has 0 spiro atoms. The van der Waals surface area contributed by atoms with Crippen LogP contribution in [-0.4, -0.2) is 6.21 Å². The Kier molecular flexibility index (Phi) is 3.90. The van der Waals surface area contributed by atoms with E-state index in [-0.39, 0.29) is 0 Å². The fourth-order valence-electron chi connectivity index (χ4n) is 1.03. The van der Waals surface area contributed by atoms with E-state index in [1.165, 1.54) is 10.5 Å². The number of allylic oxidation sites excluding steroid dienone is 1. The molecule has 0 aliphatic carbocycles. The summed E-state index contributed by atoms with van der Waals surface area (Å²) in [7, 11) is 0. The minimum Gasteiger partial charge on any atom is -0.260 e. The van der Waals surface area contributed by atoms with Crippen LogP contribution in [0.2, 0.25) is 0 Å². The lowest BCUT2D eigenvalue weighted by molar-refractivity contribution is 1.30. The molecular formula is C11H15NS. The molecule has 0 amide bonds. The average molecular weight is 193 g/mol. The summed E-state index contributed by atoms with van der Waals surface area (Å²) in [6, 6.07) is 4.17. The molecule has 1 nitrogen and oxygen atoms in total. The maximum atomic E-state index is 4.45. The molecule has 0 saturated heterocycles. The Morgan fingerprint density at radius 1 is 1.54 bits per heavy atom. The molecule has 0 radical (unpaired) electrons. The third kappa shape index (κ3) is 2.81. The van der Waals surface area contributed by atoms with E-state index in [1.807, 2.05) is 6.21 Å². The SMILES string of the molecule is CCC=NC(=C(C)C)c1cccs1. The van der Waals surface area contributed by atoms with Crippen molar-refractivity contribution < 1.29 is 0 Å². The molecule has 1 aromatic rings. The lowest BCUT2D eigenvalue weighted by Gasteiger charge is -2.00. The van der Waals surface area contributed by atoms with Crippen LogP contribution < -0.4 is 0 Å². The molecule has 0 fully saturated rings. The van der Waals surface area contributed by atoms with Gasteiger partial charge in [0.25, 0.3) is 0 Å². The van der Waals surface area contributed by atoms with Crippen LogP contribution in [0.5, 0.6) is 0 Å². The average Bonchev–Trinajstić information content (AvgIpc) is 2.57. The zero-order chi connectivity index (χ0) is 9.68.